The van der Waals surface area contributed by atoms with E-state index in [4.69, 9.17) is 16.3 Å². The lowest BCUT2D eigenvalue weighted by Gasteiger charge is -2.45. The lowest BCUT2D eigenvalue weighted by Crippen LogP contribution is -2.49. The van der Waals surface area contributed by atoms with E-state index in [1.807, 2.05) is 36.2 Å². The van der Waals surface area contributed by atoms with E-state index in [0.29, 0.717) is 49.0 Å². The number of aliphatic hydroxyl groups is 2. The van der Waals surface area contributed by atoms with E-state index in [0.717, 1.165) is 49.4 Å². The highest BCUT2D eigenvalue weighted by Crippen LogP contribution is 2.47. The number of hydrogen-bond acceptors (Lipinski definition) is 6. The summed E-state index contributed by atoms with van der Waals surface area (Å²) in [6.07, 6.45) is 8.95. The first kappa shape index (κ1) is 29.1. The molecule has 5 atom stereocenters. The topological polar surface area (TPSA) is 93.5 Å². The maximum Gasteiger partial charge on any atom is 0.340 e. The molecule has 2 bridgehead atoms. The first-order valence-electron chi connectivity index (χ1n) is 15.1. The molecular weight excluding hydrogens is 552 g/mol. The van der Waals surface area contributed by atoms with Crippen LogP contribution in [0.15, 0.2) is 60.8 Å². The predicted octanol–water partition coefficient (Wildman–Crippen LogP) is 5.27. The van der Waals surface area contributed by atoms with Crippen molar-refractivity contribution in [3.8, 4) is 5.75 Å². The maximum absolute atomic E-state index is 12.6. The van der Waals surface area contributed by atoms with Crippen LogP contribution in [0.5, 0.6) is 5.75 Å². The summed E-state index contributed by atoms with van der Waals surface area (Å²) in [5.41, 5.74) is 1.70. The molecule has 0 amide bonds. The third-order valence-electron chi connectivity index (χ3n) is 10.2. The highest BCUT2D eigenvalue weighted by molar-refractivity contribution is 6.30. The highest BCUT2D eigenvalue weighted by Gasteiger charge is 2.45. The average Bonchev–Trinajstić information content (AvgIpc) is 3.09. The van der Waals surface area contributed by atoms with Crippen LogP contribution in [0.1, 0.15) is 55.2 Å². The molecule has 6 rings (SSSR count). The molecule has 1 spiro atoms. The van der Waals surface area contributed by atoms with Crippen LogP contribution < -0.4 is 9.64 Å². The smallest absolute Gasteiger partial charge is 0.340 e. The quantitative estimate of drug-likeness (QED) is 0.389. The monoisotopic (exact) mass is 592 g/mol. The van der Waals surface area contributed by atoms with Crippen molar-refractivity contribution < 1.29 is 24.9 Å². The minimum atomic E-state index is -2.15. The molecule has 3 N–H and O–H groups in total. The van der Waals surface area contributed by atoms with Crippen LogP contribution in [-0.2, 0) is 22.2 Å². The molecule has 42 heavy (non-hydrogen) atoms. The zero-order valence-electron chi connectivity index (χ0n) is 24.3. The van der Waals surface area contributed by atoms with Gasteiger partial charge in [0.15, 0.2) is 5.60 Å². The van der Waals surface area contributed by atoms with E-state index >= 15 is 0 Å². The van der Waals surface area contributed by atoms with Gasteiger partial charge in [-0.3, -0.25) is 0 Å². The molecular formula is C34H41ClN2O5. The molecule has 0 radical (unpaired) electrons. The van der Waals surface area contributed by atoms with Crippen molar-refractivity contribution in [3.05, 3.63) is 82.5 Å². The molecule has 0 saturated heterocycles. The Bertz CT molecular complexity index is 1410. The summed E-state index contributed by atoms with van der Waals surface area (Å²) < 4.78 is 6.57. The van der Waals surface area contributed by atoms with Gasteiger partial charge in [-0.1, -0.05) is 42.5 Å². The Hall–Kier alpha value is -3.00. The Morgan fingerprint density at radius 1 is 1.17 bits per heavy atom. The number of aliphatic carboxylic acids is 1. The van der Waals surface area contributed by atoms with Crippen LogP contribution in [0.25, 0.3) is 0 Å². The van der Waals surface area contributed by atoms with Gasteiger partial charge < -0.3 is 29.9 Å². The number of benzene rings is 2. The lowest BCUT2D eigenvalue weighted by atomic mass is 9.68. The number of ether oxygens (including phenoxy) is 1. The zero-order valence-corrected chi connectivity index (χ0v) is 25.0. The Kier molecular flexibility index (Phi) is 7.79. The number of carboxylic acid groups (broad SMARTS) is 1. The third-order valence-corrected chi connectivity index (χ3v) is 10.5. The Morgan fingerprint density at radius 2 is 2.00 bits per heavy atom. The van der Waals surface area contributed by atoms with Gasteiger partial charge in [-0.05, 0) is 91.3 Å². The van der Waals surface area contributed by atoms with E-state index in [-0.39, 0.29) is 17.8 Å². The molecule has 224 valence electrons. The normalized spacial score (nSPS) is 32.2. The number of carboxylic acids is 1. The van der Waals surface area contributed by atoms with Crippen molar-refractivity contribution in [3.63, 3.8) is 0 Å². The minimum Gasteiger partial charge on any atom is -0.490 e. The average molecular weight is 593 g/mol. The second kappa shape index (κ2) is 11.3. The van der Waals surface area contributed by atoms with Crippen LogP contribution in [0, 0.1) is 11.8 Å². The largest absolute Gasteiger partial charge is 0.490 e. The maximum atomic E-state index is 12.6. The molecule has 2 heterocycles. The van der Waals surface area contributed by atoms with Crippen molar-refractivity contribution in [1.82, 2.24) is 4.90 Å². The molecule has 1 fully saturated rings. The van der Waals surface area contributed by atoms with Crippen LogP contribution >= 0.6 is 11.6 Å². The number of halogens is 1. The van der Waals surface area contributed by atoms with Crippen LogP contribution in [0.3, 0.4) is 0 Å². The summed E-state index contributed by atoms with van der Waals surface area (Å²) in [4.78, 5) is 16.8. The van der Waals surface area contributed by atoms with Crippen LogP contribution in [0.2, 0.25) is 5.02 Å². The van der Waals surface area contributed by atoms with E-state index in [1.54, 1.807) is 12.1 Å². The number of aliphatic hydroxyl groups excluding tert-OH is 1. The van der Waals surface area contributed by atoms with Gasteiger partial charge in [0.1, 0.15) is 5.75 Å². The summed E-state index contributed by atoms with van der Waals surface area (Å²) >= 11 is 6.40. The Morgan fingerprint density at radius 3 is 2.76 bits per heavy atom. The molecule has 1 saturated carbocycles. The fourth-order valence-corrected chi connectivity index (χ4v) is 7.68. The summed E-state index contributed by atoms with van der Waals surface area (Å²) in [5.74, 6) is -0.148. The molecule has 7 nitrogen and oxygen atoms in total. The van der Waals surface area contributed by atoms with Crippen molar-refractivity contribution in [2.75, 3.05) is 38.2 Å². The van der Waals surface area contributed by atoms with Gasteiger partial charge in [-0.15, -0.1) is 0 Å². The molecule has 2 aromatic rings. The van der Waals surface area contributed by atoms with E-state index in [9.17, 15) is 20.1 Å². The van der Waals surface area contributed by atoms with Crippen LogP contribution in [0.4, 0.5) is 5.69 Å². The molecule has 2 aliphatic carbocycles. The zero-order chi connectivity index (χ0) is 29.6. The molecule has 2 aliphatic heterocycles. The number of likely N-dealkylation sites (N-methyl/N-ethyl adjacent to an activating group) is 1. The molecule has 2 aromatic carbocycles. The lowest BCUT2D eigenvalue weighted by molar-refractivity contribution is -0.160. The van der Waals surface area contributed by atoms with Gasteiger partial charge in [0.2, 0.25) is 0 Å². The first-order valence-corrected chi connectivity index (χ1v) is 15.5. The number of aryl methyl sites for hydroxylation is 1. The summed E-state index contributed by atoms with van der Waals surface area (Å²) in [5, 5.41) is 33.9. The minimum absolute atomic E-state index is 0.155. The van der Waals surface area contributed by atoms with Crippen LogP contribution in [-0.4, -0.2) is 65.6 Å². The Labute approximate surface area is 253 Å². The van der Waals surface area contributed by atoms with Gasteiger partial charge in [-0.2, -0.15) is 0 Å². The second-order valence-corrected chi connectivity index (χ2v) is 13.3. The fourth-order valence-electron chi connectivity index (χ4n) is 7.49. The molecule has 0 aromatic heterocycles. The second-order valence-electron chi connectivity index (χ2n) is 12.9. The van der Waals surface area contributed by atoms with Gasteiger partial charge >= 0.3 is 5.97 Å². The predicted molar refractivity (Wildman–Crippen MR) is 164 cm³/mol. The van der Waals surface area contributed by atoms with Crippen molar-refractivity contribution in [2.24, 2.45) is 11.8 Å². The van der Waals surface area contributed by atoms with E-state index in [1.165, 1.54) is 11.1 Å². The summed E-state index contributed by atoms with van der Waals surface area (Å²) in [7, 11) is 1.83. The number of fused-ring (bicyclic) bond motifs is 4. The van der Waals surface area contributed by atoms with Gasteiger partial charge in [0, 0.05) is 49.2 Å². The SMILES string of the molecule is C=C1C[C@](O)(C(=O)O)c2ccc3c(c2)N(C[C@@H]2CC[C@H]2[C@@H](O)C/C=C/CN1C)C[C@@]1(CCCc2cc(Cl)ccc21)CO3. The number of carbonyl (C=O) groups is 1. The first-order chi connectivity index (χ1) is 20.1. The number of anilines is 1. The van der Waals surface area contributed by atoms with Crippen molar-refractivity contribution >= 4 is 23.3 Å². The number of rotatable bonds is 1. The number of nitrogens with zero attached hydrogens (tertiary/aromatic N) is 2. The van der Waals surface area contributed by atoms with Gasteiger partial charge in [-0.25, -0.2) is 4.79 Å². The van der Waals surface area contributed by atoms with E-state index in [2.05, 4.69) is 23.6 Å². The standard InChI is InChI=1S/C34H41ClN2O5/c1-22-18-34(41,32(39)40)25-9-13-31-29(17-25)37(19-24-8-11-27(24)30(38)7-3-4-15-36(22)2)20-33(21-42-31)14-5-6-23-16-26(35)10-12-28(23)33/h3-4,9-10,12-13,16-17,24,27,30,38,41H,1,5-8,11,14-15,18-21H2,2H3,(H,39,40)/b4-3+/t24-,27+,30-,33-,34+/m0/s1. The molecule has 0 unspecified atom stereocenters. The van der Waals surface area contributed by atoms with Crippen molar-refractivity contribution in [1.29, 1.82) is 0 Å². The number of hydrogen-bond donors (Lipinski definition) is 3. The fraction of sp³-hybridized carbons (Fsp3) is 0.500. The Balaban J connectivity index is 1.46. The van der Waals surface area contributed by atoms with E-state index < -0.39 is 17.7 Å². The van der Waals surface area contributed by atoms with Gasteiger partial charge in [0.25, 0.3) is 0 Å². The van der Waals surface area contributed by atoms with Gasteiger partial charge in [0.05, 0.1) is 18.4 Å². The molecule has 4 aliphatic rings. The summed E-state index contributed by atoms with van der Waals surface area (Å²) in [6, 6.07) is 11.5. The van der Waals surface area contributed by atoms with Crippen molar-refractivity contribution in [2.45, 2.75) is 62.1 Å². The third kappa shape index (κ3) is 5.20. The highest BCUT2D eigenvalue weighted by atomic mass is 35.5. The molecule has 8 heteroatoms. The summed E-state index contributed by atoms with van der Waals surface area (Å²) in [6.45, 7) is 6.52.